The molecule has 0 amide bonds. The summed E-state index contributed by atoms with van der Waals surface area (Å²) in [5.41, 5.74) is 0. The summed E-state index contributed by atoms with van der Waals surface area (Å²) in [6.45, 7) is 0. The van der Waals surface area contributed by atoms with Crippen LogP contribution in [0.5, 0.6) is 0 Å². The number of rotatable bonds is 0. The third-order valence-corrected chi connectivity index (χ3v) is 2.61. The Labute approximate surface area is 108 Å². The molecule has 0 atom stereocenters. The van der Waals surface area contributed by atoms with Crippen LogP contribution in [0.1, 0.15) is 0 Å². The van der Waals surface area contributed by atoms with Crippen LogP contribution in [0, 0.1) is 0 Å². The van der Waals surface area contributed by atoms with Gasteiger partial charge in [-0.25, -0.2) is 0 Å². The Bertz CT molecular complexity index is 494. The van der Waals surface area contributed by atoms with Crippen LogP contribution in [0.4, 0.5) is 0 Å². The van der Waals surface area contributed by atoms with Gasteiger partial charge in [0.05, 0.1) is 0 Å². The maximum Gasteiger partial charge on any atom is 0 e. The first kappa shape index (κ1) is 10.6. The molecule has 0 nitrogen and oxygen atoms in total. The van der Waals surface area contributed by atoms with E-state index in [1.54, 1.807) is 0 Å². The molecule has 0 aliphatic heterocycles. The van der Waals surface area contributed by atoms with Crippen molar-refractivity contribution in [3.63, 3.8) is 0 Å². The second-order valence-corrected chi connectivity index (χ2v) is 3.55. The van der Waals surface area contributed by atoms with E-state index < -0.39 is 0 Å². The summed E-state index contributed by atoms with van der Waals surface area (Å²) in [5, 5.41) is 5.25. The van der Waals surface area contributed by atoms with Crippen molar-refractivity contribution in [3.05, 3.63) is 60.7 Å². The smallest absolute Gasteiger partial charge is 0 e. The molecule has 0 saturated heterocycles. The fourth-order valence-electron chi connectivity index (χ4n) is 1.88. The zero-order chi connectivity index (χ0) is 9.38. The van der Waals surface area contributed by atoms with E-state index in [4.69, 9.17) is 0 Å². The molecule has 0 aliphatic carbocycles. The molecule has 3 aromatic rings. The van der Waals surface area contributed by atoms with E-state index >= 15 is 0 Å². The molecule has 0 bridgehead atoms. The van der Waals surface area contributed by atoms with E-state index in [1.807, 2.05) is 0 Å². The summed E-state index contributed by atoms with van der Waals surface area (Å²) < 4.78 is 0. The normalized spacial score (nSPS) is 10.1. The summed E-state index contributed by atoms with van der Waals surface area (Å²) in [4.78, 5) is 0. The Morgan fingerprint density at radius 2 is 0.733 bits per heavy atom. The van der Waals surface area contributed by atoms with E-state index in [1.165, 1.54) is 21.5 Å². The van der Waals surface area contributed by atoms with E-state index in [0.29, 0.717) is 0 Å². The minimum absolute atomic E-state index is 0. The van der Waals surface area contributed by atoms with Crippen LogP contribution in [0.3, 0.4) is 0 Å². The van der Waals surface area contributed by atoms with Crippen molar-refractivity contribution in [3.8, 4) is 0 Å². The molecule has 0 aromatic heterocycles. The van der Waals surface area contributed by atoms with E-state index in [2.05, 4.69) is 60.7 Å². The Hall–Kier alpha value is -0.937. The van der Waals surface area contributed by atoms with Gasteiger partial charge in [0, 0.05) is 26.2 Å². The molecule has 1 heteroatoms. The van der Waals surface area contributed by atoms with E-state index in [9.17, 15) is 0 Å². The summed E-state index contributed by atoms with van der Waals surface area (Å²) in [5.74, 6) is 0. The first-order valence-electron chi connectivity index (χ1n) is 4.81. The van der Waals surface area contributed by atoms with Crippen molar-refractivity contribution < 1.29 is 0 Å². The van der Waals surface area contributed by atoms with Crippen molar-refractivity contribution >= 4 is 47.7 Å². The van der Waals surface area contributed by atoms with Gasteiger partial charge in [-0.1, -0.05) is 48.5 Å². The second kappa shape index (κ2) is 4.28. The monoisotopic (exact) mass is 387 g/mol. The van der Waals surface area contributed by atoms with Crippen molar-refractivity contribution in [2.75, 3.05) is 0 Å². The minimum atomic E-state index is 0. The fourth-order valence-corrected chi connectivity index (χ4v) is 1.88. The van der Waals surface area contributed by atoms with E-state index in [-0.39, 0.29) is 26.2 Å². The average Bonchev–Trinajstić information content (AvgIpc) is 2.26. The predicted octanol–water partition coefficient (Wildman–Crippen LogP) is 3.61. The van der Waals surface area contributed by atoms with Gasteiger partial charge in [0.15, 0.2) is 0 Å². The summed E-state index contributed by atoms with van der Waals surface area (Å²) >= 11 is 0. The van der Waals surface area contributed by atoms with Crippen LogP contribution >= 0.6 is 0 Å². The first-order valence-corrected chi connectivity index (χ1v) is 4.81. The summed E-state index contributed by atoms with van der Waals surface area (Å²) in [6, 6.07) is 21.4. The fraction of sp³-hybridized carbons (Fsp3) is 0. The largest absolute Gasteiger partial charge is 0.0616 e. The van der Waals surface area contributed by atoms with Gasteiger partial charge in [0.2, 0.25) is 0 Å². The van der Waals surface area contributed by atoms with Crippen molar-refractivity contribution in [1.29, 1.82) is 0 Å². The molecular formula is C14H10Bi. The van der Waals surface area contributed by atoms with E-state index in [0.717, 1.165) is 0 Å². The molecule has 0 saturated carbocycles. The van der Waals surface area contributed by atoms with Crippen LogP contribution in [-0.4, -0.2) is 26.2 Å². The molecule has 0 unspecified atom stereocenters. The van der Waals surface area contributed by atoms with Gasteiger partial charge in [-0.3, -0.25) is 0 Å². The molecule has 0 fully saturated rings. The number of benzene rings is 3. The minimum Gasteiger partial charge on any atom is -0.0616 e. The maximum absolute atomic E-state index is 2.24. The Balaban J connectivity index is 0.000000853. The molecule has 0 N–H and O–H groups in total. The molecule has 3 radical (unpaired) electrons. The van der Waals surface area contributed by atoms with Gasteiger partial charge in [-0.05, 0) is 33.7 Å². The molecule has 0 aliphatic rings. The Morgan fingerprint density at radius 1 is 0.467 bits per heavy atom. The van der Waals surface area contributed by atoms with Crippen LogP contribution in [0.15, 0.2) is 60.7 Å². The van der Waals surface area contributed by atoms with Crippen LogP contribution in [0.25, 0.3) is 21.5 Å². The van der Waals surface area contributed by atoms with Gasteiger partial charge < -0.3 is 0 Å². The Kier molecular flexibility index (Phi) is 3.02. The van der Waals surface area contributed by atoms with Crippen molar-refractivity contribution in [2.45, 2.75) is 0 Å². The standard InChI is InChI=1S/C14H10.Bi/c1-2-6-12-10-14-8-4-3-7-13(14)9-11(12)5-1;/h1-10H;. The van der Waals surface area contributed by atoms with Gasteiger partial charge in [0.1, 0.15) is 0 Å². The van der Waals surface area contributed by atoms with Crippen LogP contribution in [-0.2, 0) is 0 Å². The molecule has 15 heavy (non-hydrogen) atoms. The summed E-state index contributed by atoms with van der Waals surface area (Å²) in [6.07, 6.45) is 0. The van der Waals surface area contributed by atoms with Gasteiger partial charge >= 0.3 is 0 Å². The quantitative estimate of drug-likeness (QED) is 0.409. The zero-order valence-electron chi connectivity index (χ0n) is 8.22. The molecular weight excluding hydrogens is 377 g/mol. The third-order valence-electron chi connectivity index (χ3n) is 2.61. The number of hydrogen-bond donors (Lipinski definition) is 0. The molecule has 0 spiro atoms. The van der Waals surface area contributed by atoms with Gasteiger partial charge in [0.25, 0.3) is 0 Å². The summed E-state index contributed by atoms with van der Waals surface area (Å²) in [7, 11) is 0. The Morgan fingerprint density at radius 3 is 1.00 bits per heavy atom. The number of fused-ring (bicyclic) bond motifs is 2. The predicted molar refractivity (Wildman–Crippen MR) is 67.2 cm³/mol. The van der Waals surface area contributed by atoms with Crippen LogP contribution < -0.4 is 0 Å². The maximum atomic E-state index is 2.24. The topological polar surface area (TPSA) is 0 Å². The first-order chi connectivity index (χ1) is 6.93. The molecule has 3 aromatic carbocycles. The SMILES string of the molecule is [Bi].c1ccc2cc3ccccc3cc2c1. The number of hydrogen-bond acceptors (Lipinski definition) is 0. The van der Waals surface area contributed by atoms with Crippen LogP contribution in [0.2, 0.25) is 0 Å². The molecule has 0 heterocycles. The second-order valence-electron chi connectivity index (χ2n) is 3.55. The average molecular weight is 387 g/mol. The molecule has 3 rings (SSSR count). The van der Waals surface area contributed by atoms with Gasteiger partial charge in [-0.2, -0.15) is 0 Å². The van der Waals surface area contributed by atoms with Gasteiger partial charge in [-0.15, -0.1) is 0 Å². The van der Waals surface area contributed by atoms with Crippen molar-refractivity contribution in [2.24, 2.45) is 0 Å². The third kappa shape index (κ3) is 1.89. The molecule has 71 valence electrons. The zero-order valence-corrected chi connectivity index (χ0v) is 11.7. The van der Waals surface area contributed by atoms with Crippen molar-refractivity contribution in [1.82, 2.24) is 0 Å².